The molecular weight excluding hydrogens is 475 g/mol. The van der Waals surface area contributed by atoms with Gasteiger partial charge in [-0.15, -0.1) is 33.4 Å². The van der Waals surface area contributed by atoms with E-state index in [0.29, 0.717) is 0 Å². The highest BCUT2D eigenvalue weighted by atomic mass is 35.5. The molecule has 0 fully saturated rings. The molecule has 2 N–H and O–H groups in total. The van der Waals surface area contributed by atoms with Gasteiger partial charge in [0.2, 0.25) is 0 Å². The zero-order valence-corrected chi connectivity index (χ0v) is 17.3. The summed E-state index contributed by atoms with van der Waals surface area (Å²) in [5.41, 5.74) is -1.81. The number of nitrogens with zero attached hydrogens (tertiary/aromatic N) is 10. The molecule has 0 amide bonds. The van der Waals surface area contributed by atoms with Crippen LogP contribution >= 0.6 is 23.2 Å². The summed E-state index contributed by atoms with van der Waals surface area (Å²) in [5, 5.41) is 31.9. The van der Waals surface area contributed by atoms with E-state index in [1.165, 1.54) is 0 Å². The summed E-state index contributed by atoms with van der Waals surface area (Å²) >= 11 is 10.9. The minimum atomic E-state index is -1.26. The van der Waals surface area contributed by atoms with Crippen molar-refractivity contribution in [3.05, 3.63) is 45.0 Å². The summed E-state index contributed by atoms with van der Waals surface area (Å²) in [6.07, 6.45) is 2.20. The first-order valence-electron chi connectivity index (χ1n) is 8.50. The molecule has 4 aromatic rings. The lowest BCUT2D eigenvalue weighted by atomic mass is 10.5. The van der Waals surface area contributed by atoms with Gasteiger partial charge >= 0.3 is 23.3 Å². The van der Waals surface area contributed by atoms with Crippen LogP contribution in [0.5, 0.6) is 0 Å². The van der Waals surface area contributed by atoms with Crippen molar-refractivity contribution in [1.82, 2.24) is 48.8 Å². The van der Waals surface area contributed by atoms with Crippen molar-refractivity contribution in [2.24, 2.45) is 0 Å². The van der Waals surface area contributed by atoms with Crippen molar-refractivity contribution in [2.75, 3.05) is 11.8 Å². The number of hydrogen-bond acceptors (Lipinski definition) is 10. The van der Waals surface area contributed by atoms with Crippen LogP contribution in [0.1, 0.15) is 21.0 Å². The van der Waals surface area contributed by atoms with Gasteiger partial charge in [0.05, 0.1) is 13.1 Å². The van der Waals surface area contributed by atoms with Gasteiger partial charge < -0.3 is 10.2 Å². The molecular formula is C14H12Cl2N10O6. The van der Waals surface area contributed by atoms with E-state index in [0.717, 1.165) is 30.8 Å². The summed E-state index contributed by atoms with van der Waals surface area (Å²) < 4.78 is 4.10. The van der Waals surface area contributed by atoms with Gasteiger partial charge in [-0.1, -0.05) is 10.4 Å². The number of carbonyl (C=O) groups is 2. The lowest BCUT2D eigenvalue weighted by Gasteiger charge is -1.99. The van der Waals surface area contributed by atoms with Gasteiger partial charge in [-0.25, -0.2) is 37.9 Å². The van der Waals surface area contributed by atoms with E-state index in [4.69, 9.17) is 33.4 Å². The maximum atomic E-state index is 11.7. The molecule has 0 aromatic carbocycles. The fourth-order valence-corrected chi connectivity index (χ4v) is 2.74. The van der Waals surface area contributed by atoms with Crippen LogP contribution in [0.2, 0.25) is 0 Å². The smallest absolute Gasteiger partial charge is 0.358 e. The highest BCUT2D eigenvalue weighted by Gasteiger charge is 2.17. The summed E-state index contributed by atoms with van der Waals surface area (Å²) in [5.74, 6) is -2.10. The third-order valence-corrected chi connectivity index (χ3v) is 4.17. The van der Waals surface area contributed by atoms with Gasteiger partial charge in [0.25, 0.3) is 0 Å². The van der Waals surface area contributed by atoms with Crippen molar-refractivity contribution < 1.29 is 19.8 Å². The number of halogens is 2. The molecule has 32 heavy (non-hydrogen) atoms. The SMILES string of the molecule is O=C(O)c1ncn2c(=O)n(CCCl)nnc12.O=C(O)c1ncn2c(=O)n(CCCl)nnc12. The van der Waals surface area contributed by atoms with Crippen molar-refractivity contribution in [3.63, 3.8) is 0 Å². The van der Waals surface area contributed by atoms with Crippen LogP contribution in [-0.4, -0.2) is 82.7 Å². The van der Waals surface area contributed by atoms with E-state index >= 15 is 0 Å². The first-order chi connectivity index (χ1) is 15.3. The van der Waals surface area contributed by atoms with E-state index in [1.54, 1.807) is 0 Å². The molecule has 168 valence electrons. The molecule has 16 nitrogen and oxygen atoms in total. The second kappa shape index (κ2) is 9.48. The fourth-order valence-electron chi connectivity index (χ4n) is 2.42. The molecule has 0 unspecified atom stereocenters. The normalized spacial score (nSPS) is 10.8. The number of carboxylic acid groups (broad SMARTS) is 2. The molecule has 0 atom stereocenters. The number of alkyl halides is 2. The number of aromatic carboxylic acids is 2. The molecule has 4 rings (SSSR count). The van der Waals surface area contributed by atoms with Gasteiger partial charge in [-0.05, 0) is 0 Å². The van der Waals surface area contributed by atoms with E-state index < -0.39 is 23.3 Å². The van der Waals surface area contributed by atoms with Crippen LogP contribution in [0.4, 0.5) is 0 Å². The summed E-state index contributed by atoms with van der Waals surface area (Å²) in [6.45, 7) is 0.397. The molecule has 0 aliphatic carbocycles. The van der Waals surface area contributed by atoms with Gasteiger partial charge in [0, 0.05) is 11.8 Å². The predicted octanol–water partition coefficient (Wildman–Crippen LogP) is -1.55. The lowest BCUT2D eigenvalue weighted by molar-refractivity contribution is 0.0682. The largest absolute Gasteiger partial charge is 0.476 e. The molecule has 18 heteroatoms. The molecule has 0 saturated carbocycles. The lowest BCUT2D eigenvalue weighted by Crippen LogP contribution is -2.30. The van der Waals surface area contributed by atoms with Crippen LogP contribution in [0.15, 0.2) is 22.2 Å². The number of rotatable bonds is 6. The Morgan fingerprint density at radius 2 is 1.16 bits per heavy atom. The third-order valence-electron chi connectivity index (χ3n) is 3.83. The number of carboxylic acids is 2. The summed E-state index contributed by atoms with van der Waals surface area (Å²) in [6, 6.07) is 0. The van der Waals surface area contributed by atoms with Crippen LogP contribution in [0.3, 0.4) is 0 Å². The highest BCUT2D eigenvalue weighted by molar-refractivity contribution is 6.18. The van der Waals surface area contributed by atoms with E-state index in [2.05, 4.69) is 30.6 Å². The first kappa shape index (κ1) is 22.8. The number of aryl methyl sites for hydroxylation is 2. The number of aromatic nitrogens is 10. The minimum Gasteiger partial charge on any atom is -0.476 e. The first-order valence-corrected chi connectivity index (χ1v) is 9.57. The Hall–Kier alpha value is -3.92. The van der Waals surface area contributed by atoms with E-state index in [9.17, 15) is 19.2 Å². The zero-order chi connectivity index (χ0) is 23.4. The van der Waals surface area contributed by atoms with Crippen molar-refractivity contribution in [2.45, 2.75) is 13.1 Å². The second-order valence-electron chi connectivity index (χ2n) is 5.75. The highest BCUT2D eigenvalue weighted by Crippen LogP contribution is 2.02. The standard InChI is InChI=1S/2C7H6ClN5O3/c2*8-1-2-13-7(16)12-3-9-4(6(14)15)5(12)10-11-13/h2*3H,1-2H2,(H,14,15). The van der Waals surface area contributed by atoms with Crippen molar-refractivity contribution in [1.29, 1.82) is 0 Å². The molecule has 0 bridgehead atoms. The topological polar surface area (TPSA) is 205 Å². The third kappa shape index (κ3) is 4.26. The maximum Gasteiger partial charge on any atom is 0.358 e. The van der Waals surface area contributed by atoms with E-state index in [-0.39, 0.29) is 47.5 Å². The zero-order valence-electron chi connectivity index (χ0n) is 15.7. The molecule has 0 radical (unpaired) electrons. The molecule has 0 aliphatic rings. The Kier molecular flexibility index (Phi) is 6.74. The number of hydrogen-bond donors (Lipinski definition) is 2. The number of imidazole rings is 2. The Labute approximate surface area is 185 Å². The maximum absolute atomic E-state index is 11.7. The van der Waals surface area contributed by atoms with Crippen molar-refractivity contribution >= 4 is 46.4 Å². The van der Waals surface area contributed by atoms with Crippen LogP contribution < -0.4 is 11.4 Å². The Bertz CT molecular complexity index is 1320. The molecule has 0 aliphatic heterocycles. The number of fused-ring (bicyclic) bond motifs is 2. The van der Waals surface area contributed by atoms with Gasteiger partial charge in [-0.2, -0.15) is 9.36 Å². The Morgan fingerprint density at radius 3 is 1.47 bits per heavy atom. The van der Waals surface area contributed by atoms with E-state index in [1.807, 2.05) is 0 Å². The molecule has 4 heterocycles. The molecule has 0 spiro atoms. The van der Waals surface area contributed by atoms with Crippen molar-refractivity contribution in [3.8, 4) is 0 Å². The van der Waals surface area contributed by atoms with Crippen LogP contribution in [-0.2, 0) is 13.1 Å². The summed E-state index contributed by atoms with van der Waals surface area (Å²) in [4.78, 5) is 52.0. The minimum absolute atomic E-state index is 0.0803. The summed E-state index contributed by atoms with van der Waals surface area (Å²) in [7, 11) is 0. The van der Waals surface area contributed by atoms with Gasteiger partial charge in [-0.3, -0.25) is 0 Å². The quantitative estimate of drug-likeness (QED) is 0.297. The molecule has 0 saturated heterocycles. The van der Waals surface area contributed by atoms with Crippen LogP contribution in [0.25, 0.3) is 11.3 Å². The predicted molar refractivity (Wildman–Crippen MR) is 105 cm³/mol. The average Bonchev–Trinajstić information content (AvgIpc) is 3.38. The average molecular weight is 487 g/mol. The fraction of sp³-hybridized carbons (Fsp3) is 0.286. The second-order valence-corrected chi connectivity index (χ2v) is 6.51. The molecule has 4 aromatic heterocycles. The van der Waals surface area contributed by atoms with Crippen LogP contribution in [0, 0.1) is 0 Å². The Morgan fingerprint density at radius 1 is 0.781 bits per heavy atom. The monoisotopic (exact) mass is 486 g/mol. The Balaban J connectivity index is 0.000000181. The van der Waals surface area contributed by atoms with Gasteiger partial charge in [0.1, 0.15) is 12.7 Å². The van der Waals surface area contributed by atoms with Gasteiger partial charge in [0.15, 0.2) is 22.7 Å².